The standard InChI is InChI=1S/C27H25ClFN5O5/c1-38-9-6-34-15-20(26(36)37)24(35)18-12-16(2-5-23(18)34)19-14-30-27(31-17-3-4-22(29)21(28)13-17)32-25(19)33-7-10-39-11-8-33/h2-5,12-15H,6-11H2,1H3,(H,36,37)(H,30,31,32). The van der Waals surface area contributed by atoms with E-state index in [-0.39, 0.29) is 21.9 Å². The molecule has 2 N–H and O–H groups in total. The molecular formula is C27H25ClFN5O5. The van der Waals surface area contributed by atoms with Gasteiger partial charge in [0.15, 0.2) is 0 Å². The minimum atomic E-state index is -1.30. The number of ether oxygens (including phenoxy) is 2. The van der Waals surface area contributed by atoms with E-state index in [0.29, 0.717) is 67.6 Å². The molecule has 1 aliphatic rings. The van der Waals surface area contributed by atoms with E-state index in [4.69, 9.17) is 26.1 Å². The molecule has 0 radical (unpaired) electrons. The van der Waals surface area contributed by atoms with Crippen LogP contribution in [0, 0.1) is 5.82 Å². The highest BCUT2D eigenvalue weighted by Crippen LogP contribution is 2.32. The molecular weight excluding hydrogens is 529 g/mol. The van der Waals surface area contributed by atoms with Gasteiger partial charge in [-0.05, 0) is 35.9 Å². The molecule has 0 amide bonds. The second kappa shape index (κ2) is 11.4. The Morgan fingerprint density at radius 3 is 2.74 bits per heavy atom. The normalized spacial score (nSPS) is 13.6. The van der Waals surface area contributed by atoms with E-state index in [1.807, 2.05) is 6.07 Å². The Hall–Kier alpha value is -4.06. The predicted molar refractivity (Wildman–Crippen MR) is 146 cm³/mol. The van der Waals surface area contributed by atoms with Crippen LogP contribution in [0.25, 0.3) is 22.0 Å². The summed E-state index contributed by atoms with van der Waals surface area (Å²) in [4.78, 5) is 36.2. The molecule has 10 nitrogen and oxygen atoms in total. The molecule has 1 saturated heterocycles. The summed E-state index contributed by atoms with van der Waals surface area (Å²) in [5.41, 5.74) is 1.52. The largest absolute Gasteiger partial charge is 0.477 e. The molecule has 0 saturated carbocycles. The van der Waals surface area contributed by atoms with Crippen molar-refractivity contribution in [3.8, 4) is 11.1 Å². The van der Waals surface area contributed by atoms with Gasteiger partial charge in [-0.15, -0.1) is 0 Å². The van der Waals surface area contributed by atoms with Gasteiger partial charge in [-0.3, -0.25) is 4.79 Å². The summed E-state index contributed by atoms with van der Waals surface area (Å²) in [6.45, 7) is 2.94. The van der Waals surface area contributed by atoms with Gasteiger partial charge in [-0.25, -0.2) is 14.2 Å². The Labute approximate surface area is 227 Å². The molecule has 12 heteroatoms. The lowest BCUT2D eigenvalue weighted by atomic mass is 10.0. The molecule has 2 aromatic carbocycles. The number of carboxylic acid groups (broad SMARTS) is 1. The van der Waals surface area contributed by atoms with Gasteiger partial charge in [0.05, 0.1) is 30.4 Å². The van der Waals surface area contributed by atoms with E-state index < -0.39 is 17.2 Å². The summed E-state index contributed by atoms with van der Waals surface area (Å²) in [5, 5.41) is 12.9. The highest BCUT2D eigenvalue weighted by Gasteiger charge is 2.21. The molecule has 4 aromatic rings. The number of carboxylic acids is 1. The highest BCUT2D eigenvalue weighted by molar-refractivity contribution is 6.31. The lowest BCUT2D eigenvalue weighted by Gasteiger charge is -2.29. The fourth-order valence-corrected chi connectivity index (χ4v) is 4.63. The Kier molecular flexibility index (Phi) is 7.73. The number of pyridine rings is 1. The lowest BCUT2D eigenvalue weighted by Crippen LogP contribution is -2.37. The van der Waals surface area contributed by atoms with Crippen LogP contribution >= 0.6 is 11.6 Å². The van der Waals surface area contributed by atoms with Crippen LogP contribution in [0.15, 0.2) is 53.6 Å². The van der Waals surface area contributed by atoms with Crippen molar-refractivity contribution in [3.63, 3.8) is 0 Å². The van der Waals surface area contributed by atoms with Gasteiger partial charge < -0.3 is 29.4 Å². The molecule has 0 atom stereocenters. The Bertz CT molecular complexity index is 1610. The smallest absolute Gasteiger partial charge is 0.341 e. The first kappa shape index (κ1) is 26.5. The molecule has 1 aliphatic heterocycles. The fraction of sp³-hybridized carbons (Fsp3) is 0.259. The number of morpholine rings is 1. The number of fused-ring (bicyclic) bond motifs is 1. The number of rotatable bonds is 8. The predicted octanol–water partition coefficient (Wildman–Crippen LogP) is 4.18. The van der Waals surface area contributed by atoms with E-state index >= 15 is 0 Å². The molecule has 3 heterocycles. The number of hydrogen-bond acceptors (Lipinski definition) is 8. The summed E-state index contributed by atoms with van der Waals surface area (Å²) >= 11 is 5.92. The van der Waals surface area contributed by atoms with Gasteiger partial charge in [0.1, 0.15) is 17.2 Å². The molecule has 39 heavy (non-hydrogen) atoms. The van der Waals surface area contributed by atoms with Crippen LogP contribution in [0.1, 0.15) is 10.4 Å². The second-order valence-corrected chi connectivity index (χ2v) is 9.29. The molecule has 0 aliphatic carbocycles. The number of methoxy groups -OCH3 is 1. The van der Waals surface area contributed by atoms with Crippen molar-refractivity contribution in [1.29, 1.82) is 0 Å². The third kappa shape index (κ3) is 5.56. The van der Waals surface area contributed by atoms with E-state index in [2.05, 4.69) is 15.2 Å². The minimum absolute atomic E-state index is 0.0296. The number of anilines is 3. The number of nitrogens with zero attached hydrogens (tertiary/aromatic N) is 4. The molecule has 202 valence electrons. The van der Waals surface area contributed by atoms with E-state index in [0.717, 1.165) is 0 Å². The minimum Gasteiger partial charge on any atom is -0.477 e. The van der Waals surface area contributed by atoms with Gasteiger partial charge in [-0.1, -0.05) is 17.7 Å². The zero-order chi connectivity index (χ0) is 27.5. The average molecular weight is 554 g/mol. The van der Waals surface area contributed by atoms with Crippen LogP contribution in [0.4, 0.5) is 21.8 Å². The quantitative estimate of drug-likeness (QED) is 0.331. The maximum Gasteiger partial charge on any atom is 0.341 e. The zero-order valence-electron chi connectivity index (χ0n) is 21.0. The number of carbonyl (C=O) groups is 1. The van der Waals surface area contributed by atoms with Crippen molar-refractivity contribution in [3.05, 3.63) is 75.4 Å². The van der Waals surface area contributed by atoms with Gasteiger partial charge in [0.25, 0.3) is 0 Å². The van der Waals surface area contributed by atoms with Crippen molar-refractivity contribution in [2.45, 2.75) is 6.54 Å². The lowest BCUT2D eigenvalue weighted by molar-refractivity contribution is 0.0694. The number of benzene rings is 2. The van der Waals surface area contributed by atoms with Crippen molar-refractivity contribution in [2.75, 3.05) is 50.2 Å². The van der Waals surface area contributed by atoms with Crippen LogP contribution in [0.3, 0.4) is 0 Å². The Morgan fingerprint density at radius 1 is 1.23 bits per heavy atom. The Balaban J connectivity index is 1.62. The number of hydrogen-bond donors (Lipinski definition) is 2. The maximum absolute atomic E-state index is 13.6. The molecule has 1 fully saturated rings. The first-order valence-corrected chi connectivity index (χ1v) is 12.5. The van der Waals surface area contributed by atoms with Crippen molar-refractivity contribution < 1.29 is 23.8 Å². The van der Waals surface area contributed by atoms with Crippen molar-refractivity contribution in [1.82, 2.24) is 14.5 Å². The first-order valence-electron chi connectivity index (χ1n) is 12.2. The van der Waals surface area contributed by atoms with Gasteiger partial charge >= 0.3 is 5.97 Å². The number of aromatic carboxylic acids is 1. The first-order chi connectivity index (χ1) is 18.9. The van der Waals surface area contributed by atoms with Crippen LogP contribution < -0.4 is 15.6 Å². The molecule has 5 rings (SSSR count). The van der Waals surface area contributed by atoms with Gasteiger partial charge in [0.2, 0.25) is 11.4 Å². The summed E-state index contributed by atoms with van der Waals surface area (Å²) in [5.74, 6) is -0.945. The fourth-order valence-electron chi connectivity index (χ4n) is 4.45. The third-order valence-corrected chi connectivity index (χ3v) is 6.70. The summed E-state index contributed by atoms with van der Waals surface area (Å²) in [6.07, 6.45) is 2.98. The Morgan fingerprint density at radius 2 is 2.03 bits per heavy atom. The van der Waals surface area contributed by atoms with E-state index in [1.54, 1.807) is 30.0 Å². The number of halogens is 2. The average Bonchev–Trinajstić information content (AvgIpc) is 2.95. The van der Waals surface area contributed by atoms with Crippen molar-refractivity contribution in [2.24, 2.45) is 0 Å². The summed E-state index contributed by atoms with van der Waals surface area (Å²) < 4.78 is 26.0. The van der Waals surface area contributed by atoms with Crippen LogP contribution in [0.5, 0.6) is 0 Å². The molecule has 0 unspecified atom stereocenters. The third-order valence-electron chi connectivity index (χ3n) is 6.41. The second-order valence-electron chi connectivity index (χ2n) is 8.88. The maximum atomic E-state index is 13.6. The van der Waals surface area contributed by atoms with Crippen LogP contribution in [-0.4, -0.2) is 65.6 Å². The SMILES string of the molecule is COCCn1cc(C(=O)O)c(=O)c2cc(-c3cnc(Nc4ccc(F)c(Cl)c4)nc3N3CCOCC3)ccc21. The highest BCUT2D eigenvalue weighted by atomic mass is 35.5. The van der Waals surface area contributed by atoms with Gasteiger partial charge in [-0.2, -0.15) is 4.98 Å². The number of nitrogens with one attached hydrogen (secondary N) is 1. The molecule has 0 spiro atoms. The van der Waals surface area contributed by atoms with Crippen molar-refractivity contribution >= 4 is 45.9 Å². The van der Waals surface area contributed by atoms with E-state index in [9.17, 15) is 19.1 Å². The number of aromatic nitrogens is 3. The molecule has 0 bridgehead atoms. The van der Waals surface area contributed by atoms with Crippen LogP contribution in [-0.2, 0) is 16.0 Å². The topological polar surface area (TPSA) is 119 Å². The zero-order valence-corrected chi connectivity index (χ0v) is 21.7. The monoisotopic (exact) mass is 553 g/mol. The summed E-state index contributed by atoms with van der Waals surface area (Å²) in [7, 11) is 1.55. The van der Waals surface area contributed by atoms with Gasteiger partial charge in [0, 0.05) is 55.8 Å². The summed E-state index contributed by atoms with van der Waals surface area (Å²) in [6, 6.07) is 9.53. The van der Waals surface area contributed by atoms with Crippen LogP contribution in [0.2, 0.25) is 5.02 Å². The molecule has 2 aromatic heterocycles. The van der Waals surface area contributed by atoms with E-state index in [1.165, 1.54) is 24.4 Å².